The van der Waals surface area contributed by atoms with Gasteiger partial charge in [-0.2, -0.15) is 0 Å². The molecule has 0 atom stereocenters. The van der Waals surface area contributed by atoms with Crippen LogP contribution in [-0.4, -0.2) is 12.7 Å². The molecule has 0 aliphatic rings. The van der Waals surface area contributed by atoms with E-state index in [0.717, 1.165) is 19.4 Å². The van der Waals surface area contributed by atoms with Crippen molar-refractivity contribution in [3.05, 3.63) is 35.9 Å². The molecule has 0 aliphatic carbocycles. The molecule has 0 aliphatic heterocycles. The smallest absolute Gasteiger partial charge is 0.0518 e. The van der Waals surface area contributed by atoms with Crippen LogP contribution < -0.4 is 0 Å². The van der Waals surface area contributed by atoms with Crippen molar-refractivity contribution in [3.8, 4) is 0 Å². The normalized spacial score (nSPS) is 10.7. The first-order chi connectivity index (χ1) is 6.29. The van der Waals surface area contributed by atoms with Crippen LogP contribution in [0.3, 0.4) is 0 Å². The predicted octanol–water partition coefficient (Wildman–Crippen LogP) is 3.04. The summed E-state index contributed by atoms with van der Waals surface area (Å²) in [7, 11) is 0. The van der Waals surface area contributed by atoms with Gasteiger partial charge in [0.25, 0.3) is 0 Å². The van der Waals surface area contributed by atoms with Gasteiger partial charge in [0.15, 0.2) is 0 Å². The number of ether oxygens (including phenoxy) is 1. The average molecular weight is 178 g/mol. The summed E-state index contributed by atoms with van der Waals surface area (Å²) in [4.78, 5) is 0. The maximum absolute atomic E-state index is 5.46. The third-order valence-corrected chi connectivity index (χ3v) is 1.90. The molecule has 0 amide bonds. The average Bonchev–Trinajstić information content (AvgIpc) is 2.14. The number of hydrogen-bond donors (Lipinski definition) is 0. The molecule has 1 heteroatoms. The molecule has 0 saturated carbocycles. The third-order valence-electron chi connectivity index (χ3n) is 1.90. The fourth-order valence-corrected chi connectivity index (χ4v) is 1.24. The molecule has 13 heavy (non-hydrogen) atoms. The van der Waals surface area contributed by atoms with Gasteiger partial charge in [0, 0.05) is 6.61 Å². The quantitative estimate of drug-likeness (QED) is 0.630. The standard InChI is InChI=1S/C12H18O/c1-11(2)13-10-6-9-12-7-4-3-5-8-12/h3-5,7-8,11H,6,9-10H2,1-2H3. The van der Waals surface area contributed by atoms with E-state index in [2.05, 4.69) is 38.1 Å². The van der Waals surface area contributed by atoms with E-state index in [9.17, 15) is 0 Å². The van der Waals surface area contributed by atoms with Crippen LogP contribution in [-0.2, 0) is 11.2 Å². The highest BCUT2D eigenvalue weighted by atomic mass is 16.5. The summed E-state index contributed by atoms with van der Waals surface area (Å²) in [6, 6.07) is 10.5. The number of hydrogen-bond acceptors (Lipinski definition) is 1. The highest BCUT2D eigenvalue weighted by molar-refractivity contribution is 5.14. The van der Waals surface area contributed by atoms with E-state index in [-0.39, 0.29) is 0 Å². The highest BCUT2D eigenvalue weighted by Gasteiger charge is 1.94. The molecule has 72 valence electrons. The van der Waals surface area contributed by atoms with Crippen molar-refractivity contribution in [2.75, 3.05) is 6.61 Å². The molecule has 1 rings (SSSR count). The molecular weight excluding hydrogens is 160 g/mol. The molecule has 0 N–H and O–H groups in total. The number of rotatable bonds is 5. The zero-order valence-electron chi connectivity index (χ0n) is 8.49. The molecular formula is C12H18O. The van der Waals surface area contributed by atoms with E-state index in [1.54, 1.807) is 0 Å². The van der Waals surface area contributed by atoms with Gasteiger partial charge in [-0.1, -0.05) is 30.3 Å². The first-order valence-electron chi connectivity index (χ1n) is 4.94. The van der Waals surface area contributed by atoms with Crippen LogP contribution in [0.4, 0.5) is 0 Å². The van der Waals surface area contributed by atoms with Crippen molar-refractivity contribution in [1.29, 1.82) is 0 Å². The summed E-state index contributed by atoms with van der Waals surface area (Å²) in [6.07, 6.45) is 2.59. The summed E-state index contributed by atoms with van der Waals surface area (Å²) in [6.45, 7) is 5.01. The lowest BCUT2D eigenvalue weighted by atomic mass is 10.1. The lowest BCUT2D eigenvalue weighted by Crippen LogP contribution is -2.04. The third kappa shape index (κ3) is 4.69. The summed E-state index contributed by atoms with van der Waals surface area (Å²) < 4.78 is 5.46. The Balaban J connectivity index is 2.13. The number of benzene rings is 1. The molecule has 0 bridgehead atoms. The van der Waals surface area contributed by atoms with Crippen molar-refractivity contribution >= 4 is 0 Å². The van der Waals surface area contributed by atoms with Crippen LogP contribution in [0.25, 0.3) is 0 Å². The monoisotopic (exact) mass is 178 g/mol. The van der Waals surface area contributed by atoms with Gasteiger partial charge < -0.3 is 4.74 Å². The van der Waals surface area contributed by atoms with Gasteiger partial charge in [0.05, 0.1) is 6.10 Å². The van der Waals surface area contributed by atoms with Gasteiger partial charge in [-0.05, 0) is 32.3 Å². The first kappa shape index (κ1) is 10.3. The van der Waals surface area contributed by atoms with Crippen LogP contribution in [0.1, 0.15) is 25.8 Å². The van der Waals surface area contributed by atoms with Gasteiger partial charge in [0.1, 0.15) is 0 Å². The highest BCUT2D eigenvalue weighted by Crippen LogP contribution is 2.02. The summed E-state index contributed by atoms with van der Waals surface area (Å²) in [5.74, 6) is 0. The predicted molar refractivity (Wildman–Crippen MR) is 55.9 cm³/mol. The van der Waals surface area contributed by atoms with E-state index >= 15 is 0 Å². The summed E-state index contributed by atoms with van der Waals surface area (Å²) in [5.41, 5.74) is 1.40. The molecule has 1 aromatic carbocycles. The summed E-state index contributed by atoms with van der Waals surface area (Å²) >= 11 is 0. The fraction of sp³-hybridized carbons (Fsp3) is 0.500. The molecule has 1 nitrogen and oxygen atoms in total. The van der Waals surface area contributed by atoms with Gasteiger partial charge in [0.2, 0.25) is 0 Å². The van der Waals surface area contributed by atoms with Crippen molar-refractivity contribution in [2.45, 2.75) is 32.8 Å². The second kappa shape index (κ2) is 5.76. The Morgan fingerprint density at radius 3 is 2.46 bits per heavy atom. The van der Waals surface area contributed by atoms with Gasteiger partial charge in [-0.15, -0.1) is 0 Å². The van der Waals surface area contributed by atoms with Gasteiger partial charge in [-0.25, -0.2) is 0 Å². The minimum atomic E-state index is 0.357. The Labute approximate surface area is 80.7 Å². The maximum atomic E-state index is 5.46. The Morgan fingerprint density at radius 1 is 1.15 bits per heavy atom. The molecule has 0 spiro atoms. The number of aryl methyl sites for hydroxylation is 1. The molecule has 0 radical (unpaired) electrons. The Morgan fingerprint density at radius 2 is 1.85 bits per heavy atom. The summed E-state index contributed by atoms with van der Waals surface area (Å²) in [5, 5.41) is 0. The second-order valence-corrected chi connectivity index (χ2v) is 3.51. The molecule has 1 aromatic rings. The molecule has 0 saturated heterocycles. The van der Waals surface area contributed by atoms with E-state index in [0.29, 0.717) is 6.10 Å². The van der Waals surface area contributed by atoms with Crippen molar-refractivity contribution < 1.29 is 4.74 Å². The van der Waals surface area contributed by atoms with Gasteiger partial charge >= 0.3 is 0 Å². The van der Waals surface area contributed by atoms with E-state index < -0.39 is 0 Å². The zero-order chi connectivity index (χ0) is 9.52. The maximum Gasteiger partial charge on any atom is 0.0518 e. The largest absolute Gasteiger partial charge is 0.379 e. The lowest BCUT2D eigenvalue weighted by molar-refractivity contribution is 0.0772. The van der Waals surface area contributed by atoms with Crippen LogP contribution >= 0.6 is 0 Å². The first-order valence-corrected chi connectivity index (χ1v) is 4.94. The minimum absolute atomic E-state index is 0.357. The molecule has 0 fully saturated rings. The Kier molecular flexibility index (Phi) is 4.55. The van der Waals surface area contributed by atoms with Crippen molar-refractivity contribution in [3.63, 3.8) is 0 Å². The van der Waals surface area contributed by atoms with Crippen molar-refractivity contribution in [1.82, 2.24) is 0 Å². The molecule has 0 aromatic heterocycles. The lowest BCUT2D eigenvalue weighted by Gasteiger charge is -2.06. The Hall–Kier alpha value is -0.820. The van der Waals surface area contributed by atoms with Gasteiger partial charge in [-0.3, -0.25) is 0 Å². The van der Waals surface area contributed by atoms with Crippen LogP contribution in [0, 0.1) is 0 Å². The molecule has 0 heterocycles. The SMILES string of the molecule is CC(C)OCCCc1ccccc1. The van der Waals surface area contributed by atoms with Crippen LogP contribution in [0.2, 0.25) is 0 Å². The van der Waals surface area contributed by atoms with E-state index in [1.165, 1.54) is 5.56 Å². The Bertz CT molecular complexity index is 216. The van der Waals surface area contributed by atoms with E-state index in [1.807, 2.05) is 6.07 Å². The van der Waals surface area contributed by atoms with E-state index in [4.69, 9.17) is 4.74 Å². The second-order valence-electron chi connectivity index (χ2n) is 3.51. The van der Waals surface area contributed by atoms with Crippen LogP contribution in [0.5, 0.6) is 0 Å². The molecule has 0 unspecified atom stereocenters. The fourth-order valence-electron chi connectivity index (χ4n) is 1.24. The zero-order valence-corrected chi connectivity index (χ0v) is 8.49. The van der Waals surface area contributed by atoms with Crippen molar-refractivity contribution in [2.24, 2.45) is 0 Å². The van der Waals surface area contributed by atoms with Crippen LogP contribution in [0.15, 0.2) is 30.3 Å². The topological polar surface area (TPSA) is 9.23 Å². The minimum Gasteiger partial charge on any atom is -0.379 e.